The van der Waals surface area contributed by atoms with Gasteiger partial charge in [-0.05, 0) is 86.3 Å². The van der Waals surface area contributed by atoms with Crippen molar-refractivity contribution in [2.75, 3.05) is 10.0 Å². The summed E-state index contributed by atoms with van der Waals surface area (Å²) in [5.41, 5.74) is 3.95. The first-order valence-electron chi connectivity index (χ1n) is 10.4. The molecule has 0 fully saturated rings. The molecule has 2 N–H and O–H groups in total. The van der Waals surface area contributed by atoms with Crippen molar-refractivity contribution >= 4 is 27.3 Å². The highest BCUT2D eigenvalue weighted by atomic mass is 32.2. The standard InChI is InChI=1S/C25H28N2O4S/c1-5-23(31-24-16-18(3)9-10-19(24)4)25(28)26-20-11-13-22(14-12-20)32(29,30)27-21-8-6-7-17(2)15-21/h6-16,23,27H,5H2,1-4H3,(H,26,28)/t23-/m1/s1. The molecular weight excluding hydrogens is 424 g/mol. The van der Waals surface area contributed by atoms with E-state index in [2.05, 4.69) is 10.0 Å². The van der Waals surface area contributed by atoms with Crippen LogP contribution in [0, 0.1) is 20.8 Å². The molecule has 0 unspecified atom stereocenters. The number of carbonyl (C=O) groups is 1. The first kappa shape index (κ1) is 23.3. The number of ether oxygens (including phenoxy) is 1. The molecule has 3 aromatic rings. The van der Waals surface area contributed by atoms with Gasteiger partial charge in [0.2, 0.25) is 0 Å². The fraction of sp³-hybridized carbons (Fsp3) is 0.240. The highest BCUT2D eigenvalue weighted by molar-refractivity contribution is 7.92. The van der Waals surface area contributed by atoms with Crippen molar-refractivity contribution in [2.45, 2.75) is 45.1 Å². The number of sulfonamides is 1. The second kappa shape index (κ2) is 9.87. The van der Waals surface area contributed by atoms with Crippen molar-refractivity contribution < 1.29 is 17.9 Å². The molecular formula is C25H28N2O4S. The number of amides is 1. The Kier molecular flexibility index (Phi) is 7.20. The van der Waals surface area contributed by atoms with E-state index in [9.17, 15) is 13.2 Å². The number of nitrogens with one attached hydrogen (secondary N) is 2. The van der Waals surface area contributed by atoms with E-state index in [0.717, 1.165) is 16.7 Å². The molecule has 0 bridgehead atoms. The summed E-state index contributed by atoms with van der Waals surface area (Å²) in [5, 5.41) is 2.80. The van der Waals surface area contributed by atoms with Gasteiger partial charge in [0.15, 0.2) is 6.10 Å². The number of anilines is 2. The summed E-state index contributed by atoms with van der Waals surface area (Å²) in [5.74, 6) is 0.387. The Bertz CT molecular complexity index is 1200. The summed E-state index contributed by atoms with van der Waals surface area (Å²) in [7, 11) is -3.73. The second-order valence-electron chi connectivity index (χ2n) is 7.77. The Morgan fingerprint density at radius 2 is 1.59 bits per heavy atom. The summed E-state index contributed by atoms with van der Waals surface area (Å²) in [6, 6.07) is 19.0. The summed E-state index contributed by atoms with van der Waals surface area (Å²) in [4.78, 5) is 12.8. The smallest absolute Gasteiger partial charge is 0.265 e. The maximum Gasteiger partial charge on any atom is 0.265 e. The molecule has 0 heterocycles. The van der Waals surface area contributed by atoms with Gasteiger partial charge in [0, 0.05) is 11.4 Å². The van der Waals surface area contributed by atoms with Gasteiger partial charge >= 0.3 is 0 Å². The van der Waals surface area contributed by atoms with E-state index < -0.39 is 16.1 Å². The number of benzene rings is 3. The molecule has 0 saturated heterocycles. The minimum absolute atomic E-state index is 0.107. The van der Waals surface area contributed by atoms with E-state index >= 15 is 0 Å². The third-order valence-corrected chi connectivity index (χ3v) is 6.38. The van der Waals surface area contributed by atoms with Gasteiger partial charge in [-0.2, -0.15) is 0 Å². The van der Waals surface area contributed by atoms with Crippen LogP contribution in [-0.2, 0) is 14.8 Å². The van der Waals surface area contributed by atoms with Crippen LogP contribution < -0.4 is 14.8 Å². The van der Waals surface area contributed by atoms with E-state index in [1.54, 1.807) is 30.3 Å². The van der Waals surface area contributed by atoms with E-state index in [1.165, 1.54) is 12.1 Å². The molecule has 0 aromatic heterocycles. The van der Waals surface area contributed by atoms with Crippen molar-refractivity contribution in [3.8, 4) is 5.75 Å². The Labute approximate surface area is 189 Å². The minimum atomic E-state index is -3.73. The zero-order chi connectivity index (χ0) is 23.3. The summed E-state index contributed by atoms with van der Waals surface area (Å²) in [6.45, 7) is 7.67. The van der Waals surface area contributed by atoms with Crippen molar-refractivity contribution in [2.24, 2.45) is 0 Å². The van der Waals surface area contributed by atoms with Crippen LogP contribution in [0.4, 0.5) is 11.4 Å². The highest BCUT2D eigenvalue weighted by Gasteiger charge is 2.20. The molecule has 7 heteroatoms. The first-order valence-corrected chi connectivity index (χ1v) is 11.9. The minimum Gasteiger partial charge on any atom is -0.480 e. The van der Waals surface area contributed by atoms with Gasteiger partial charge in [-0.15, -0.1) is 0 Å². The highest BCUT2D eigenvalue weighted by Crippen LogP contribution is 2.23. The fourth-order valence-corrected chi connectivity index (χ4v) is 4.22. The Balaban J connectivity index is 1.68. The molecule has 1 atom stereocenters. The van der Waals surface area contributed by atoms with Gasteiger partial charge in [-0.1, -0.05) is 31.2 Å². The third-order valence-electron chi connectivity index (χ3n) is 4.98. The second-order valence-corrected chi connectivity index (χ2v) is 9.45. The van der Waals surface area contributed by atoms with Crippen LogP contribution in [0.3, 0.4) is 0 Å². The predicted octanol–water partition coefficient (Wildman–Crippen LogP) is 5.21. The average molecular weight is 453 g/mol. The Morgan fingerprint density at radius 3 is 2.25 bits per heavy atom. The Morgan fingerprint density at radius 1 is 0.906 bits per heavy atom. The summed E-state index contributed by atoms with van der Waals surface area (Å²) in [6.07, 6.45) is -0.173. The fourth-order valence-electron chi connectivity index (χ4n) is 3.17. The van der Waals surface area contributed by atoms with E-state index in [0.29, 0.717) is 23.5 Å². The van der Waals surface area contributed by atoms with Gasteiger partial charge in [0.1, 0.15) is 5.75 Å². The van der Waals surface area contributed by atoms with Gasteiger partial charge < -0.3 is 10.1 Å². The average Bonchev–Trinajstić information content (AvgIpc) is 2.74. The number of hydrogen-bond donors (Lipinski definition) is 2. The topological polar surface area (TPSA) is 84.5 Å². The molecule has 3 aromatic carbocycles. The molecule has 0 radical (unpaired) electrons. The molecule has 1 amide bonds. The van der Waals surface area contributed by atoms with Crippen LogP contribution in [-0.4, -0.2) is 20.4 Å². The normalized spacial score (nSPS) is 12.1. The number of aryl methyl sites for hydroxylation is 3. The molecule has 0 aliphatic heterocycles. The van der Waals surface area contributed by atoms with Crippen LogP contribution in [0.1, 0.15) is 30.0 Å². The largest absolute Gasteiger partial charge is 0.480 e. The van der Waals surface area contributed by atoms with Crippen molar-refractivity contribution in [1.82, 2.24) is 0 Å². The van der Waals surface area contributed by atoms with Crippen LogP contribution in [0.25, 0.3) is 0 Å². The van der Waals surface area contributed by atoms with Crippen LogP contribution in [0.2, 0.25) is 0 Å². The third kappa shape index (κ3) is 5.88. The molecule has 168 valence electrons. The van der Waals surface area contributed by atoms with E-state index in [-0.39, 0.29) is 10.8 Å². The lowest BCUT2D eigenvalue weighted by atomic mass is 10.1. The zero-order valence-electron chi connectivity index (χ0n) is 18.7. The molecule has 6 nitrogen and oxygen atoms in total. The van der Waals surface area contributed by atoms with Crippen LogP contribution >= 0.6 is 0 Å². The van der Waals surface area contributed by atoms with Gasteiger partial charge in [0.05, 0.1) is 4.90 Å². The maximum absolute atomic E-state index is 12.7. The lowest BCUT2D eigenvalue weighted by molar-refractivity contribution is -0.122. The van der Waals surface area contributed by atoms with E-state index in [1.807, 2.05) is 52.0 Å². The van der Waals surface area contributed by atoms with Crippen molar-refractivity contribution in [3.05, 3.63) is 83.4 Å². The van der Waals surface area contributed by atoms with E-state index in [4.69, 9.17) is 4.74 Å². The first-order chi connectivity index (χ1) is 15.2. The van der Waals surface area contributed by atoms with Gasteiger partial charge in [0.25, 0.3) is 15.9 Å². The Hall–Kier alpha value is -3.32. The zero-order valence-corrected chi connectivity index (χ0v) is 19.5. The number of hydrogen-bond acceptors (Lipinski definition) is 4. The SMILES string of the molecule is CC[C@@H](Oc1cc(C)ccc1C)C(=O)Nc1ccc(S(=O)(=O)Nc2cccc(C)c2)cc1. The molecule has 3 rings (SSSR count). The number of carbonyl (C=O) groups excluding carboxylic acids is 1. The number of rotatable bonds is 8. The van der Waals surface area contributed by atoms with Crippen LogP contribution in [0.15, 0.2) is 71.6 Å². The summed E-state index contributed by atoms with van der Waals surface area (Å²) < 4.78 is 33.8. The lowest BCUT2D eigenvalue weighted by Gasteiger charge is -2.19. The maximum atomic E-state index is 12.7. The summed E-state index contributed by atoms with van der Waals surface area (Å²) >= 11 is 0. The van der Waals surface area contributed by atoms with Gasteiger partial charge in [-0.3, -0.25) is 9.52 Å². The van der Waals surface area contributed by atoms with Gasteiger partial charge in [-0.25, -0.2) is 8.42 Å². The van der Waals surface area contributed by atoms with Crippen molar-refractivity contribution in [1.29, 1.82) is 0 Å². The molecule has 0 aliphatic carbocycles. The molecule has 0 aliphatic rings. The molecule has 0 spiro atoms. The predicted molar refractivity (Wildman–Crippen MR) is 128 cm³/mol. The van der Waals surface area contributed by atoms with Crippen molar-refractivity contribution in [3.63, 3.8) is 0 Å². The molecule has 0 saturated carbocycles. The quantitative estimate of drug-likeness (QED) is 0.491. The lowest BCUT2D eigenvalue weighted by Crippen LogP contribution is -2.32. The van der Waals surface area contributed by atoms with Crippen LogP contribution in [0.5, 0.6) is 5.75 Å². The monoisotopic (exact) mass is 452 g/mol. The molecule has 32 heavy (non-hydrogen) atoms.